The van der Waals surface area contributed by atoms with Gasteiger partial charge >= 0.3 is 5.97 Å². The van der Waals surface area contributed by atoms with Crippen molar-refractivity contribution in [3.63, 3.8) is 0 Å². The number of sulfonamides is 1. The lowest BCUT2D eigenvalue weighted by molar-refractivity contribution is -0.117. The van der Waals surface area contributed by atoms with Gasteiger partial charge in [0.1, 0.15) is 0 Å². The Labute approximate surface area is 170 Å². The number of hydrogen-bond donors (Lipinski definition) is 0. The number of aromatic nitrogens is 1. The van der Waals surface area contributed by atoms with E-state index in [1.54, 1.807) is 13.8 Å². The second-order valence-corrected chi connectivity index (χ2v) is 10.2. The predicted octanol–water partition coefficient (Wildman–Crippen LogP) is 2.03. The fourth-order valence-electron chi connectivity index (χ4n) is 3.23. The van der Waals surface area contributed by atoms with E-state index in [0.29, 0.717) is 10.7 Å². The average Bonchev–Trinajstić information content (AvgIpc) is 2.85. The molecule has 0 saturated carbocycles. The first kappa shape index (κ1) is 22.9. The van der Waals surface area contributed by atoms with Crippen molar-refractivity contribution in [3.8, 4) is 0 Å². The van der Waals surface area contributed by atoms with E-state index >= 15 is 0 Å². The highest BCUT2D eigenvalue weighted by Gasteiger charge is 2.29. The number of anilines is 1. The van der Waals surface area contributed by atoms with Crippen molar-refractivity contribution in [1.82, 2.24) is 3.97 Å². The molecule has 0 fully saturated rings. The highest BCUT2D eigenvalue weighted by molar-refractivity contribution is 7.92. The molecule has 0 saturated heterocycles. The minimum Gasteiger partial charge on any atom is -0.462 e. The third-order valence-electron chi connectivity index (χ3n) is 4.20. The predicted molar refractivity (Wildman–Crippen MR) is 110 cm³/mol. The van der Waals surface area contributed by atoms with Gasteiger partial charge in [0.15, 0.2) is 0 Å². The molecule has 0 bridgehead atoms. The second-order valence-electron chi connectivity index (χ2n) is 6.58. The van der Waals surface area contributed by atoms with Gasteiger partial charge in [0.2, 0.25) is 26.0 Å². The topological polar surface area (TPSA) is 120 Å². The Morgan fingerprint density at radius 1 is 1.10 bits per heavy atom. The molecule has 1 heterocycles. The lowest BCUT2D eigenvalue weighted by Gasteiger charge is -2.20. The van der Waals surface area contributed by atoms with Crippen molar-refractivity contribution >= 4 is 48.5 Å². The van der Waals surface area contributed by atoms with Crippen LogP contribution in [0.4, 0.5) is 5.69 Å². The number of fused-ring (bicyclic) bond motifs is 1. The summed E-state index contributed by atoms with van der Waals surface area (Å²) in [6, 6.07) is 4.04. The maximum Gasteiger partial charge on any atom is 0.340 e. The summed E-state index contributed by atoms with van der Waals surface area (Å²) in [5.74, 6) is -1.35. The molecular weight excluding hydrogens is 420 g/mol. The zero-order chi connectivity index (χ0) is 22.1. The first-order valence-corrected chi connectivity index (χ1v) is 12.6. The van der Waals surface area contributed by atoms with Crippen molar-refractivity contribution in [2.45, 2.75) is 33.6 Å². The summed E-state index contributed by atoms with van der Waals surface area (Å²) in [7, 11) is -7.70. The summed E-state index contributed by atoms with van der Waals surface area (Å²) < 4.78 is 55.8. The molecule has 2 rings (SSSR count). The van der Waals surface area contributed by atoms with Crippen LogP contribution in [0.3, 0.4) is 0 Å². The van der Waals surface area contributed by atoms with Gasteiger partial charge in [0, 0.05) is 17.5 Å². The van der Waals surface area contributed by atoms with E-state index in [2.05, 4.69) is 0 Å². The van der Waals surface area contributed by atoms with Crippen LogP contribution >= 0.6 is 0 Å². The number of amides is 1. The number of carbonyl (C=O) groups excluding carboxylic acids is 2. The normalized spacial score (nSPS) is 12.2. The van der Waals surface area contributed by atoms with Gasteiger partial charge < -0.3 is 4.74 Å². The molecular formula is C18H24N2O7S2. The van der Waals surface area contributed by atoms with Crippen molar-refractivity contribution in [2.24, 2.45) is 0 Å². The second kappa shape index (κ2) is 8.15. The SMILES string of the molecule is CCCC(=O)N(c1ccc2c(c1)c(C(=O)OCC)c(C)n2S(C)(=O)=O)S(C)(=O)=O. The van der Waals surface area contributed by atoms with Crippen molar-refractivity contribution < 1.29 is 31.2 Å². The van der Waals surface area contributed by atoms with Crippen molar-refractivity contribution in [3.05, 3.63) is 29.5 Å². The molecule has 0 N–H and O–H groups in total. The van der Waals surface area contributed by atoms with Crippen LogP contribution in [0.25, 0.3) is 10.9 Å². The summed E-state index contributed by atoms with van der Waals surface area (Å²) in [6.07, 6.45) is 2.36. The lowest BCUT2D eigenvalue weighted by Crippen LogP contribution is -2.35. The molecule has 1 amide bonds. The van der Waals surface area contributed by atoms with Gasteiger partial charge in [-0.05, 0) is 38.5 Å². The van der Waals surface area contributed by atoms with Gasteiger partial charge in [-0.25, -0.2) is 29.9 Å². The Morgan fingerprint density at radius 2 is 1.72 bits per heavy atom. The van der Waals surface area contributed by atoms with Crippen LogP contribution in [0.2, 0.25) is 0 Å². The molecule has 0 aliphatic carbocycles. The molecule has 0 aliphatic rings. The smallest absolute Gasteiger partial charge is 0.340 e. The van der Waals surface area contributed by atoms with Crippen LogP contribution in [0, 0.1) is 6.92 Å². The van der Waals surface area contributed by atoms with Crippen LogP contribution in [-0.4, -0.2) is 51.8 Å². The van der Waals surface area contributed by atoms with E-state index < -0.39 is 31.9 Å². The quantitative estimate of drug-likeness (QED) is 0.599. The van der Waals surface area contributed by atoms with Gasteiger partial charge in [-0.3, -0.25) is 4.79 Å². The molecule has 11 heteroatoms. The summed E-state index contributed by atoms with van der Waals surface area (Å²) in [4.78, 5) is 24.9. The third-order valence-corrected chi connectivity index (χ3v) is 6.41. The lowest BCUT2D eigenvalue weighted by atomic mass is 10.1. The molecule has 1 aromatic heterocycles. The first-order valence-electron chi connectivity index (χ1n) is 8.90. The van der Waals surface area contributed by atoms with E-state index in [0.717, 1.165) is 16.5 Å². The van der Waals surface area contributed by atoms with Gasteiger partial charge in [-0.1, -0.05) is 6.92 Å². The summed E-state index contributed by atoms with van der Waals surface area (Å²) in [5.41, 5.74) is 0.359. The van der Waals surface area contributed by atoms with E-state index in [1.807, 2.05) is 0 Å². The third kappa shape index (κ3) is 4.45. The number of carbonyl (C=O) groups is 2. The monoisotopic (exact) mass is 444 g/mol. The van der Waals surface area contributed by atoms with Gasteiger partial charge in [0.25, 0.3) is 0 Å². The molecule has 0 radical (unpaired) electrons. The van der Waals surface area contributed by atoms with E-state index in [4.69, 9.17) is 4.74 Å². The van der Waals surface area contributed by atoms with E-state index in [1.165, 1.54) is 25.1 Å². The molecule has 0 atom stereocenters. The molecule has 9 nitrogen and oxygen atoms in total. The highest BCUT2D eigenvalue weighted by atomic mass is 32.2. The number of esters is 1. The standard InChI is InChI=1S/C18H24N2O7S2/c1-6-8-16(21)20(29(5,25)26)13-9-10-15-14(11-13)17(18(22)27-7-2)12(3)19(15)28(4,23)24/h9-11H,6-8H2,1-5H3. The van der Waals surface area contributed by atoms with E-state index in [9.17, 15) is 26.4 Å². The number of rotatable bonds is 7. The van der Waals surface area contributed by atoms with Crippen molar-refractivity contribution in [2.75, 3.05) is 23.4 Å². The highest BCUT2D eigenvalue weighted by Crippen LogP contribution is 2.32. The molecule has 2 aromatic rings. The summed E-state index contributed by atoms with van der Waals surface area (Å²) in [6.45, 7) is 4.90. The minimum atomic E-state index is -3.94. The number of nitrogens with zero attached hydrogens (tertiary/aromatic N) is 2. The molecule has 0 spiro atoms. The Morgan fingerprint density at radius 3 is 2.21 bits per heavy atom. The van der Waals surface area contributed by atoms with Crippen LogP contribution in [0.5, 0.6) is 0 Å². The molecule has 29 heavy (non-hydrogen) atoms. The average molecular weight is 445 g/mol. The zero-order valence-electron chi connectivity index (χ0n) is 16.9. The molecule has 1 aromatic carbocycles. The number of hydrogen-bond acceptors (Lipinski definition) is 7. The van der Waals surface area contributed by atoms with Crippen LogP contribution in [-0.2, 0) is 29.6 Å². The Bertz CT molecular complexity index is 1180. The Kier molecular flexibility index (Phi) is 6.43. The fourth-order valence-corrected chi connectivity index (χ4v) is 5.29. The maximum atomic E-state index is 12.5. The largest absolute Gasteiger partial charge is 0.462 e. The van der Waals surface area contributed by atoms with Gasteiger partial charge in [-0.15, -0.1) is 0 Å². The number of ether oxygens (including phenoxy) is 1. The van der Waals surface area contributed by atoms with Crippen molar-refractivity contribution in [1.29, 1.82) is 0 Å². The van der Waals surface area contributed by atoms with E-state index in [-0.39, 0.29) is 40.9 Å². The maximum absolute atomic E-state index is 12.5. The first-order chi connectivity index (χ1) is 13.3. The molecule has 0 aliphatic heterocycles. The van der Waals surface area contributed by atoms with Crippen LogP contribution in [0.1, 0.15) is 42.7 Å². The Balaban J connectivity index is 2.89. The summed E-state index contributed by atoms with van der Waals surface area (Å²) >= 11 is 0. The Hall–Kier alpha value is -2.40. The summed E-state index contributed by atoms with van der Waals surface area (Å²) in [5, 5.41) is 0.182. The van der Waals surface area contributed by atoms with Crippen LogP contribution < -0.4 is 4.31 Å². The zero-order valence-corrected chi connectivity index (χ0v) is 18.6. The van der Waals surface area contributed by atoms with Gasteiger partial charge in [-0.2, -0.15) is 0 Å². The fraction of sp³-hybridized carbons (Fsp3) is 0.444. The molecule has 0 unspecified atom stereocenters. The number of benzene rings is 1. The molecule has 160 valence electrons. The van der Waals surface area contributed by atoms with Gasteiger partial charge in [0.05, 0.1) is 35.9 Å². The van der Waals surface area contributed by atoms with Crippen LogP contribution in [0.15, 0.2) is 18.2 Å². The minimum absolute atomic E-state index is 0.00511.